The number of benzene rings is 1. The highest BCUT2D eigenvalue weighted by Crippen LogP contribution is 2.26. The van der Waals surface area contributed by atoms with Gasteiger partial charge in [-0.25, -0.2) is 0 Å². The van der Waals surface area contributed by atoms with E-state index in [1.807, 2.05) is 17.0 Å². The van der Waals surface area contributed by atoms with Crippen LogP contribution in [0.25, 0.3) is 0 Å². The normalized spacial score (nSPS) is 20.5. The molecule has 0 spiro atoms. The summed E-state index contributed by atoms with van der Waals surface area (Å²) in [6.45, 7) is 2.66. The van der Waals surface area contributed by atoms with Gasteiger partial charge in [0.2, 0.25) is 6.29 Å². The number of amides is 1. The molecule has 8 heteroatoms. The molecular formula is C14H14BrF3N2O2. The van der Waals surface area contributed by atoms with E-state index >= 15 is 0 Å². The first-order chi connectivity index (χ1) is 10.3. The molecule has 0 unspecified atom stereocenters. The summed E-state index contributed by atoms with van der Waals surface area (Å²) < 4.78 is 32.2. The molecule has 0 radical (unpaired) electrons. The molecule has 22 heavy (non-hydrogen) atoms. The topological polar surface area (TPSA) is 49.4 Å². The number of nitrogens with one attached hydrogen (secondary N) is 1. The Labute approximate surface area is 133 Å². The number of fused-ring (bicyclic) bond motifs is 2. The van der Waals surface area contributed by atoms with Gasteiger partial charge in [0.15, 0.2) is 0 Å². The molecule has 0 saturated carbocycles. The van der Waals surface area contributed by atoms with Crippen LogP contribution < -0.4 is 5.32 Å². The third-order valence-electron chi connectivity index (χ3n) is 3.50. The molecule has 2 aliphatic rings. The van der Waals surface area contributed by atoms with Crippen LogP contribution in [0.1, 0.15) is 15.9 Å². The Bertz CT molecular complexity index is 578. The number of halogens is 4. The number of nitrogens with zero attached hydrogens (tertiary/aromatic N) is 1. The first kappa shape index (κ1) is 17.0. The van der Waals surface area contributed by atoms with Crippen LogP contribution in [0.5, 0.6) is 0 Å². The number of piperazine rings is 1. The van der Waals surface area contributed by atoms with Gasteiger partial charge in [-0.2, -0.15) is 13.2 Å². The summed E-state index contributed by atoms with van der Waals surface area (Å²) in [6, 6.07) is 6.35. The minimum Gasteiger partial charge on any atom is -0.333 e. The van der Waals surface area contributed by atoms with Crippen molar-refractivity contribution in [2.45, 2.75) is 18.6 Å². The van der Waals surface area contributed by atoms with Crippen LogP contribution in [-0.4, -0.2) is 48.9 Å². The highest BCUT2D eigenvalue weighted by Gasteiger charge is 2.33. The van der Waals surface area contributed by atoms with Gasteiger partial charge in [0.05, 0.1) is 0 Å². The van der Waals surface area contributed by atoms with Crippen molar-refractivity contribution in [3.63, 3.8) is 0 Å². The zero-order chi connectivity index (χ0) is 16.3. The minimum absolute atomic E-state index is 0.189. The molecule has 1 amide bonds. The molecule has 1 atom stereocenters. The van der Waals surface area contributed by atoms with Crippen LogP contribution in [0.15, 0.2) is 22.7 Å². The molecule has 1 aromatic carbocycles. The van der Waals surface area contributed by atoms with Crippen LogP contribution in [0.3, 0.4) is 0 Å². The fourth-order valence-electron chi connectivity index (χ4n) is 2.55. The zero-order valence-corrected chi connectivity index (χ0v) is 13.1. The van der Waals surface area contributed by atoms with Gasteiger partial charge in [0, 0.05) is 35.7 Å². The fraction of sp³-hybridized carbons (Fsp3) is 0.429. The van der Waals surface area contributed by atoms with Gasteiger partial charge in [0.25, 0.3) is 5.91 Å². The van der Waals surface area contributed by atoms with E-state index in [0.717, 1.165) is 36.1 Å². The lowest BCUT2D eigenvalue weighted by Crippen LogP contribution is -2.56. The molecule has 2 aliphatic heterocycles. The average Bonchev–Trinajstić information content (AvgIpc) is 2.48. The molecule has 2 heterocycles. The second-order valence-corrected chi connectivity index (χ2v) is 5.94. The summed E-state index contributed by atoms with van der Waals surface area (Å²) in [6.07, 6.45) is -4.73. The highest BCUT2D eigenvalue weighted by atomic mass is 79.9. The van der Waals surface area contributed by atoms with E-state index in [1.165, 1.54) is 5.56 Å². The fourth-order valence-corrected chi connectivity index (χ4v) is 2.91. The van der Waals surface area contributed by atoms with Crippen molar-refractivity contribution in [1.29, 1.82) is 0 Å². The predicted molar refractivity (Wildman–Crippen MR) is 77.7 cm³/mol. The van der Waals surface area contributed by atoms with Gasteiger partial charge in [-0.1, -0.05) is 22.0 Å². The zero-order valence-electron chi connectivity index (χ0n) is 11.5. The van der Waals surface area contributed by atoms with Gasteiger partial charge in [-0.15, -0.1) is 0 Å². The summed E-state index contributed by atoms with van der Waals surface area (Å²) in [4.78, 5) is 23.0. The molecule has 0 aliphatic carbocycles. The smallest absolute Gasteiger partial charge is 0.333 e. The van der Waals surface area contributed by atoms with Crippen LogP contribution >= 0.6 is 15.9 Å². The minimum atomic E-state index is -4.64. The van der Waals surface area contributed by atoms with Gasteiger partial charge < -0.3 is 10.2 Å². The van der Waals surface area contributed by atoms with E-state index in [1.54, 1.807) is 0 Å². The largest absolute Gasteiger partial charge is 0.446 e. The average molecular weight is 379 g/mol. The van der Waals surface area contributed by atoms with Crippen molar-refractivity contribution in [3.8, 4) is 0 Å². The van der Waals surface area contributed by atoms with Crippen molar-refractivity contribution in [2.75, 3.05) is 19.6 Å². The van der Waals surface area contributed by atoms with Crippen LogP contribution in [-0.2, 0) is 11.2 Å². The van der Waals surface area contributed by atoms with Crippen molar-refractivity contribution in [3.05, 3.63) is 33.8 Å². The Hall–Kier alpha value is -1.41. The first-order valence-corrected chi connectivity index (χ1v) is 7.44. The van der Waals surface area contributed by atoms with E-state index < -0.39 is 12.5 Å². The van der Waals surface area contributed by atoms with E-state index in [4.69, 9.17) is 4.79 Å². The third kappa shape index (κ3) is 4.07. The Morgan fingerprint density at radius 3 is 2.68 bits per heavy atom. The molecule has 4 nitrogen and oxygen atoms in total. The van der Waals surface area contributed by atoms with Crippen molar-refractivity contribution < 1.29 is 22.8 Å². The molecular weight excluding hydrogens is 365 g/mol. The Balaban J connectivity index is 0.000000254. The van der Waals surface area contributed by atoms with E-state index in [0.29, 0.717) is 6.04 Å². The van der Waals surface area contributed by atoms with Crippen molar-refractivity contribution in [1.82, 2.24) is 10.2 Å². The maximum atomic E-state index is 12.3. The third-order valence-corrected chi connectivity index (χ3v) is 4.00. The summed E-state index contributed by atoms with van der Waals surface area (Å²) in [7, 11) is 0. The number of carbonyl (C=O) groups is 2. The Morgan fingerprint density at radius 1 is 1.36 bits per heavy atom. The number of alkyl halides is 3. The maximum absolute atomic E-state index is 12.3. The van der Waals surface area contributed by atoms with Gasteiger partial charge in [-0.3, -0.25) is 9.59 Å². The summed E-state index contributed by atoms with van der Waals surface area (Å²) in [5.74, 6) is 0.189. The SMILES string of the molecule is O=C1c2cc(Br)ccc2C[C@@H]2CNCCN12.O=CC(F)(F)F. The molecule has 0 bridgehead atoms. The Morgan fingerprint density at radius 2 is 2.05 bits per heavy atom. The molecule has 1 aromatic rings. The van der Waals surface area contributed by atoms with Gasteiger partial charge in [0.1, 0.15) is 0 Å². The van der Waals surface area contributed by atoms with Gasteiger partial charge >= 0.3 is 6.18 Å². The van der Waals surface area contributed by atoms with Crippen molar-refractivity contribution in [2.24, 2.45) is 0 Å². The molecule has 0 aromatic heterocycles. The van der Waals surface area contributed by atoms with Crippen LogP contribution in [0.4, 0.5) is 13.2 Å². The number of hydrogen-bond donors (Lipinski definition) is 1. The number of hydrogen-bond acceptors (Lipinski definition) is 3. The van der Waals surface area contributed by atoms with E-state index in [9.17, 15) is 18.0 Å². The second-order valence-electron chi connectivity index (χ2n) is 5.02. The molecule has 3 rings (SSSR count). The lowest BCUT2D eigenvalue weighted by atomic mass is 9.92. The Kier molecular flexibility index (Phi) is 5.23. The monoisotopic (exact) mass is 378 g/mol. The summed E-state index contributed by atoms with van der Waals surface area (Å²) in [5, 5.41) is 3.34. The molecule has 120 valence electrons. The lowest BCUT2D eigenvalue weighted by molar-refractivity contribution is -0.156. The molecule has 1 fully saturated rings. The standard InChI is InChI=1S/C12H13BrN2O.C2HF3O/c13-9-2-1-8-5-10-7-14-3-4-15(10)12(16)11(8)6-9;3-2(4,5)1-6/h1-2,6,10,14H,3-5,7H2;1H/t10-;/m1./s1. The number of aldehydes is 1. The van der Waals surface area contributed by atoms with Crippen LogP contribution in [0.2, 0.25) is 0 Å². The van der Waals surface area contributed by atoms with E-state index in [2.05, 4.69) is 27.3 Å². The molecule has 1 N–H and O–H groups in total. The maximum Gasteiger partial charge on any atom is 0.446 e. The van der Waals surface area contributed by atoms with Crippen LogP contribution in [0, 0.1) is 0 Å². The van der Waals surface area contributed by atoms with Gasteiger partial charge in [-0.05, 0) is 24.1 Å². The highest BCUT2D eigenvalue weighted by molar-refractivity contribution is 9.10. The quantitative estimate of drug-likeness (QED) is 0.703. The second kappa shape index (κ2) is 6.78. The predicted octanol–water partition coefficient (Wildman–Crippen LogP) is 2.17. The first-order valence-electron chi connectivity index (χ1n) is 6.65. The summed E-state index contributed by atoms with van der Waals surface area (Å²) in [5.41, 5.74) is 2.05. The lowest BCUT2D eigenvalue weighted by Gasteiger charge is -2.40. The van der Waals surface area contributed by atoms with Crippen molar-refractivity contribution >= 4 is 28.1 Å². The molecule has 1 saturated heterocycles. The number of rotatable bonds is 0. The van der Waals surface area contributed by atoms with E-state index in [-0.39, 0.29) is 5.91 Å². The summed E-state index contributed by atoms with van der Waals surface area (Å²) >= 11 is 3.42. The number of carbonyl (C=O) groups excluding carboxylic acids is 2.